The molecule has 0 unspecified atom stereocenters. The zero-order valence-electron chi connectivity index (χ0n) is 9.77. The van der Waals surface area contributed by atoms with Gasteiger partial charge in [0.15, 0.2) is 0 Å². The number of rotatable bonds is 2. The van der Waals surface area contributed by atoms with Gasteiger partial charge in [0, 0.05) is 10.2 Å². The Balaban J connectivity index is 2.21. The summed E-state index contributed by atoms with van der Waals surface area (Å²) in [5.74, 6) is -0.254. The highest BCUT2D eigenvalue weighted by Gasteiger charge is 2.09. The van der Waals surface area contributed by atoms with Crippen molar-refractivity contribution in [3.05, 3.63) is 52.3 Å². The Hall–Kier alpha value is -1.88. The lowest BCUT2D eigenvalue weighted by Crippen LogP contribution is -2.14. The molecule has 0 aliphatic heterocycles. The van der Waals surface area contributed by atoms with Gasteiger partial charge in [0.05, 0.1) is 11.9 Å². The number of hydrogen-bond acceptors (Lipinski definition) is 3. The molecular weight excluding hydrogens is 294 g/mol. The van der Waals surface area contributed by atoms with Crippen LogP contribution in [0.4, 0.5) is 11.4 Å². The molecule has 1 amide bonds. The molecular formula is C13H12BrN3O. The Morgan fingerprint density at radius 1 is 1.33 bits per heavy atom. The fraction of sp³-hybridized carbons (Fsp3) is 0.0769. The first-order valence-electron chi connectivity index (χ1n) is 5.36. The average molecular weight is 306 g/mol. The van der Waals surface area contributed by atoms with Crippen LogP contribution in [-0.2, 0) is 0 Å². The Labute approximate surface area is 113 Å². The second kappa shape index (κ2) is 5.18. The standard InChI is InChI=1S/C13H12BrN3O/c1-8-10(14)3-2-4-11(8)17-13(18)12-6-5-9(15)7-16-12/h2-7H,15H2,1H3,(H,17,18). The number of amides is 1. The molecule has 92 valence electrons. The molecule has 0 saturated heterocycles. The lowest BCUT2D eigenvalue weighted by Gasteiger charge is -2.09. The number of nitrogens with two attached hydrogens (primary N) is 1. The van der Waals surface area contributed by atoms with Crippen LogP contribution in [0.3, 0.4) is 0 Å². The monoisotopic (exact) mass is 305 g/mol. The first-order valence-corrected chi connectivity index (χ1v) is 6.15. The van der Waals surface area contributed by atoms with Gasteiger partial charge in [-0.2, -0.15) is 0 Å². The summed E-state index contributed by atoms with van der Waals surface area (Å²) < 4.78 is 0.950. The van der Waals surface area contributed by atoms with Crippen molar-refractivity contribution < 1.29 is 4.79 Å². The molecule has 1 aromatic heterocycles. The normalized spacial score (nSPS) is 10.1. The first-order chi connectivity index (χ1) is 8.58. The van der Waals surface area contributed by atoms with Crippen molar-refractivity contribution in [3.63, 3.8) is 0 Å². The van der Waals surface area contributed by atoms with Crippen LogP contribution >= 0.6 is 15.9 Å². The van der Waals surface area contributed by atoms with Crippen molar-refractivity contribution >= 4 is 33.2 Å². The molecule has 3 N–H and O–H groups in total. The zero-order chi connectivity index (χ0) is 13.1. The van der Waals surface area contributed by atoms with E-state index < -0.39 is 0 Å². The minimum Gasteiger partial charge on any atom is -0.397 e. The van der Waals surface area contributed by atoms with E-state index in [1.807, 2.05) is 25.1 Å². The molecule has 0 atom stereocenters. The van der Waals surface area contributed by atoms with Gasteiger partial charge in [0.25, 0.3) is 5.91 Å². The molecule has 2 aromatic rings. The minimum absolute atomic E-state index is 0.254. The molecule has 0 fully saturated rings. The van der Waals surface area contributed by atoms with Crippen molar-refractivity contribution in [1.29, 1.82) is 0 Å². The number of anilines is 2. The number of carbonyl (C=O) groups is 1. The summed E-state index contributed by atoms with van der Waals surface area (Å²) in [5, 5.41) is 2.81. The van der Waals surface area contributed by atoms with Gasteiger partial charge in [-0.05, 0) is 36.8 Å². The Morgan fingerprint density at radius 2 is 2.11 bits per heavy atom. The van der Waals surface area contributed by atoms with Crippen LogP contribution in [0.2, 0.25) is 0 Å². The molecule has 0 saturated carbocycles. The summed E-state index contributed by atoms with van der Waals surface area (Å²) in [5.41, 5.74) is 8.12. The third-order valence-electron chi connectivity index (χ3n) is 2.53. The molecule has 2 rings (SSSR count). The molecule has 1 heterocycles. The molecule has 1 aromatic carbocycles. The van der Waals surface area contributed by atoms with Gasteiger partial charge in [0.1, 0.15) is 5.69 Å². The van der Waals surface area contributed by atoms with Crippen LogP contribution in [-0.4, -0.2) is 10.9 Å². The SMILES string of the molecule is Cc1c(Br)cccc1NC(=O)c1ccc(N)cn1. The topological polar surface area (TPSA) is 68.0 Å². The smallest absolute Gasteiger partial charge is 0.274 e. The summed E-state index contributed by atoms with van der Waals surface area (Å²) in [6.07, 6.45) is 1.46. The maximum absolute atomic E-state index is 12.0. The third-order valence-corrected chi connectivity index (χ3v) is 3.39. The van der Waals surface area contributed by atoms with Gasteiger partial charge in [-0.1, -0.05) is 22.0 Å². The van der Waals surface area contributed by atoms with Crippen LogP contribution in [0, 0.1) is 6.92 Å². The second-order valence-corrected chi connectivity index (χ2v) is 4.70. The molecule has 0 aliphatic rings. The van der Waals surface area contributed by atoms with Gasteiger partial charge in [-0.25, -0.2) is 4.98 Å². The highest BCUT2D eigenvalue weighted by Crippen LogP contribution is 2.23. The first kappa shape index (κ1) is 12.6. The van der Waals surface area contributed by atoms with E-state index in [1.165, 1.54) is 6.20 Å². The maximum atomic E-state index is 12.0. The predicted molar refractivity (Wildman–Crippen MR) is 75.5 cm³/mol. The second-order valence-electron chi connectivity index (χ2n) is 3.84. The summed E-state index contributed by atoms with van der Waals surface area (Å²) in [6, 6.07) is 8.87. The van der Waals surface area contributed by atoms with E-state index in [2.05, 4.69) is 26.2 Å². The van der Waals surface area contributed by atoms with Crippen LogP contribution < -0.4 is 11.1 Å². The molecule has 0 aliphatic carbocycles. The largest absolute Gasteiger partial charge is 0.397 e. The number of carbonyl (C=O) groups excluding carboxylic acids is 1. The molecule has 18 heavy (non-hydrogen) atoms. The lowest BCUT2D eigenvalue weighted by molar-refractivity contribution is 0.102. The van der Waals surface area contributed by atoms with E-state index in [9.17, 15) is 4.79 Å². The van der Waals surface area contributed by atoms with Gasteiger partial charge in [0.2, 0.25) is 0 Å². The summed E-state index contributed by atoms with van der Waals surface area (Å²) >= 11 is 3.42. The van der Waals surface area contributed by atoms with Crippen molar-refractivity contribution in [2.45, 2.75) is 6.92 Å². The number of benzene rings is 1. The van der Waals surface area contributed by atoms with Crippen molar-refractivity contribution in [2.75, 3.05) is 11.1 Å². The number of aromatic nitrogens is 1. The fourth-order valence-corrected chi connectivity index (χ4v) is 1.84. The maximum Gasteiger partial charge on any atom is 0.274 e. The Kier molecular flexibility index (Phi) is 3.62. The number of nitrogens with zero attached hydrogens (tertiary/aromatic N) is 1. The molecule has 0 spiro atoms. The van der Waals surface area contributed by atoms with Crippen molar-refractivity contribution in [1.82, 2.24) is 4.98 Å². The highest BCUT2D eigenvalue weighted by atomic mass is 79.9. The van der Waals surface area contributed by atoms with Crippen molar-refractivity contribution in [3.8, 4) is 0 Å². The summed E-state index contributed by atoms with van der Waals surface area (Å²) in [7, 11) is 0. The summed E-state index contributed by atoms with van der Waals surface area (Å²) in [6.45, 7) is 1.93. The third kappa shape index (κ3) is 2.68. The highest BCUT2D eigenvalue weighted by molar-refractivity contribution is 9.10. The quantitative estimate of drug-likeness (QED) is 0.896. The van der Waals surface area contributed by atoms with Gasteiger partial charge in [-0.3, -0.25) is 4.79 Å². The van der Waals surface area contributed by atoms with E-state index in [0.717, 1.165) is 15.7 Å². The number of hydrogen-bond donors (Lipinski definition) is 2. The number of pyridine rings is 1. The van der Waals surface area contributed by atoms with E-state index in [4.69, 9.17) is 5.73 Å². The molecule has 0 bridgehead atoms. The van der Waals surface area contributed by atoms with Gasteiger partial charge in [-0.15, -0.1) is 0 Å². The molecule has 4 nitrogen and oxygen atoms in total. The Bertz CT molecular complexity index is 581. The number of halogens is 1. The number of nitrogens with one attached hydrogen (secondary N) is 1. The number of nitrogen functional groups attached to an aromatic ring is 1. The van der Waals surface area contributed by atoms with E-state index in [1.54, 1.807) is 12.1 Å². The predicted octanol–water partition coefficient (Wildman–Crippen LogP) is 2.99. The average Bonchev–Trinajstić information content (AvgIpc) is 2.36. The van der Waals surface area contributed by atoms with E-state index >= 15 is 0 Å². The van der Waals surface area contributed by atoms with Crippen LogP contribution in [0.1, 0.15) is 16.1 Å². The molecule has 0 radical (unpaired) electrons. The lowest BCUT2D eigenvalue weighted by atomic mass is 10.2. The van der Waals surface area contributed by atoms with Crippen molar-refractivity contribution in [2.24, 2.45) is 0 Å². The van der Waals surface area contributed by atoms with E-state index in [0.29, 0.717) is 11.4 Å². The molecule has 5 heteroatoms. The van der Waals surface area contributed by atoms with Gasteiger partial charge >= 0.3 is 0 Å². The summed E-state index contributed by atoms with van der Waals surface area (Å²) in [4.78, 5) is 15.9. The van der Waals surface area contributed by atoms with Gasteiger partial charge < -0.3 is 11.1 Å². The van der Waals surface area contributed by atoms with Crippen LogP contribution in [0.5, 0.6) is 0 Å². The Morgan fingerprint density at radius 3 is 2.78 bits per heavy atom. The fourth-order valence-electron chi connectivity index (χ4n) is 1.47. The van der Waals surface area contributed by atoms with Crippen LogP contribution in [0.15, 0.2) is 41.0 Å². The van der Waals surface area contributed by atoms with E-state index in [-0.39, 0.29) is 5.91 Å². The zero-order valence-corrected chi connectivity index (χ0v) is 11.4. The van der Waals surface area contributed by atoms with Crippen LogP contribution in [0.25, 0.3) is 0 Å². The minimum atomic E-state index is -0.254.